The summed E-state index contributed by atoms with van der Waals surface area (Å²) in [6, 6.07) is 0. The third-order valence-electron chi connectivity index (χ3n) is 4.37. The maximum atomic E-state index is 4.43. The summed E-state index contributed by atoms with van der Waals surface area (Å²) in [6.07, 6.45) is 20.0. The van der Waals surface area contributed by atoms with Crippen LogP contribution in [0, 0.1) is 5.92 Å². The summed E-state index contributed by atoms with van der Waals surface area (Å²) < 4.78 is 0. The standard InChI is InChI=1S/C19H40S/c1-4-5-6-7-8-9-10-12-15-18(2)16-13-11-14-17-19(3)20/h18-20H,4-17H2,1-3H3. The van der Waals surface area contributed by atoms with E-state index < -0.39 is 0 Å². The Balaban J connectivity index is 3.14. The van der Waals surface area contributed by atoms with Gasteiger partial charge >= 0.3 is 0 Å². The largest absolute Gasteiger partial charge is 0.176 e. The number of hydrogen-bond donors (Lipinski definition) is 1. The molecule has 0 rings (SSSR count). The highest BCUT2D eigenvalue weighted by atomic mass is 32.1. The summed E-state index contributed by atoms with van der Waals surface area (Å²) in [6.45, 7) is 6.94. The van der Waals surface area contributed by atoms with E-state index >= 15 is 0 Å². The lowest BCUT2D eigenvalue weighted by Gasteiger charge is -2.11. The van der Waals surface area contributed by atoms with E-state index in [0.717, 1.165) is 5.92 Å². The highest BCUT2D eigenvalue weighted by molar-refractivity contribution is 7.80. The first kappa shape index (κ1) is 20.3. The maximum Gasteiger partial charge on any atom is -0.00116 e. The smallest absolute Gasteiger partial charge is 0.00116 e. The quantitative estimate of drug-likeness (QED) is 0.236. The van der Waals surface area contributed by atoms with Crippen molar-refractivity contribution in [1.82, 2.24) is 0 Å². The van der Waals surface area contributed by atoms with Crippen LogP contribution < -0.4 is 0 Å². The molecule has 0 heterocycles. The highest BCUT2D eigenvalue weighted by Gasteiger charge is 2.02. The average molecular weight is 301 g/mol. The van der Waals surface area contributed by atoms with Crippen LogP contribution in [0.5, 0.6) is 0 Å². The average Bonchev–Trinajstić information content (AvgIpc) is 2.41. The number of unbranched alkanes of at least 4 members (excludes halogenated alkanes) is 9. The van der Waals surface area contributed by atoms with Gasteiger partial charge in [0.05, 0.1) is 0 Å². The zero-order valence-corrected chi connectivity index (χ0v) is 15.4. The monoisotopic (exact) mass is 300 g/mol. The van der Waals surface area contributed by atoms with E-state index in [-0.39, 0.29) is 0 Å². The van der Waals surface area contributed by atoms with E-state index in [1.807, 2.05) is 0 Å². The van der Waals surface area contributed by atoms with Crippen molar-refractivity contribution in [2.75, 3.05) is 0 Å². The Morgan fingerprint density at radius 3 is 1.50 bits per heavy atom. The predicted octanol–water partition coefficient (Wildman–Crippen LogP) is 7.42. The Bertz CT molecular complexity index is 177. The molecule has 0 amide bonds. The molecule has 122 valence electrons. The third kappa shape index (κ3) is 16.4. The van der Waals surface area contributed by atoms with Gasteiger partial charge in [-0.3, -0.25) is 0 Å². The van der Waals surface area contributed by atoms with Crippen molar-refractivity contribution in [3.05, 3.63) is 0 Å². The minimum Gasteiger partial charge on any atom is -0.176 e. The molecule has 0 nitrogen and oxygen atoms in total. The van der Waals surface area contributed by atoms with Gasteiger partial charge in [0.15, 0.2) is 0 Å². The lowest BCUT2D eigenvalue weighted by molar-refractivity contribution is 0.432. The Kier molecular flexibility index (Phi) is 16.0. The lowest BCUT2D eigenvalue weighted by atomic mass is 9.96. The molecule has 0 saturated heterocycles. The Labute approximate surface area is 134 Å². The molecule has 0 spiro atoms. The zero-order chi connectivity index (χ0) is 15.1. The van der Waals surface area contributed by atoms with E-state index in [2.05, 4.69) is 33.4 Å². The number of thiol groups is 1. The van der Waals surface area contributed by atoms with Gasteiger partial charge in [-0.25, -0.2) is 0 Å². The zero-order valence-electron chi connectivity index (χ0n) is 14.5. The van der Waals surface area contributed by atoms with E-state index in [1.165, 1.54) is 89.9 Å². The Morgan fingerprint density at radius 2 is 1.00 bits per heavy atom. The third-order valence-corrected chi connectivity index (χ3v) is 4.63. The molecule has 0 aliphatic heterocycles. The highest BCUT2D eigenvalue weighted by Crippen LogP contribution is 2.18. The molecule has 0 bridgehead atoms. The first-order valence-electron chi connectivity index (χ1n) is 9.34. The first-order valence-corrected chi connectivity index (χ1v) is 9.86. The molecule has 1 heteroatoms. The second-order valence-corrected chi connectivity index (χ2v) is 7.74. The predicted molar refractivity (Wildman–Crippen MR) is 97.9 cm³/mol. The van der Waals surface area contributed by atoms with E-state index in [9.17, 15) is 0 Å². The van der Waals surface area contributed by atoms with Crippen LogP contribution in [0.3, 0.4) is 0 Å². The lowest BCUT2D eigenvalue weighted by Crippen LogP contribution is -1.96. The van der Waals surface area contributed by atoms with Crippen LogP contribution in [0.4, 0.5) is 0 Å². The molecule has 0 aromatic heterocycles. The van der Waals surface area contributed by atoms with Crippen LogP contribution in [0.25, 0.3) is 0 Å². The molecule has 0 radical (unpaired) electrons. The topological polar surface area (TPSA) is 0 Å². The van der Waals surface area contributed by atoms with Crippen molar-refractivity contribution < 1.29 is 0 Å². The fourth-order valence-electron chi connectivity index (χ4n) is 2.88. The van der Waals surface area contributed by atoms with Crippen molar-refractivity contribution >= 4 is 12.6 Å². The maximum absolute atomic E-state index is 4.43. The summed E-state index contributed by atoms with van der Waals surface area (Å²) in [4.78, 5) is 0. The second-order valence-electron chi connectivity index (χ2n) is 6.86. The molecule has 0 aromatic carbocycles. The molecule has 2 unspecified atom stereocenters. The Hall–Kier alpha value is 0.350. The summed E-state index contributed by atoms with van der Waals surface area (Å²) in [5, 5.41) is 0.588. The van der Waals surface area contributed by atoms with Crippen molar-refractivity contribution in [3.63, 3.8) is 0 Å². The van der Waals surface area contributed by atoms with E-state index in [0.29, 0.717) is 5.25 Å². The normalized spacial score (nSPS) is 14.4. The van der Waals surface area contributed by atoms with Crippen LogP contribution in [0.2, 0.25) is 0 Å². The molecule has 2 atom stereocenters. The summed E-state index contributed by atoms with van der Waals surface area (Å²) >= 11 is 4.43. The van der Waals surface area contributed by atoms with Crippen LogP contribution in [-0.2, 0) is 0 Å². The molecule has 0 aromatic rings. The molecule has 0 N–H and O–H groups in total. The van der Waals surface area contributed by atoms with Gasteiger partial charge in [0.1, 0.15) is 0 Å². The summed E-state index contributed by atoms with van der Waals surface area (Å²) in [5.41, 5.74) is 0. The van der Waals surface area contributed by atoms with Gasteiger partial charge in [-0.05, 0) is 17.6 Å². The van der Waals surface area contributed by atoms with Crippen molar-refractivity contribution in [1.29, 1.82) is 0 Å². The van der Waals surface area contributed by atoms with Gasteiger partial charge in [0.2, 0.25) is 0 Å². The number of hydrogen-bond acceptors (Lipinski definition) is 1. The van der Waals surface area contributed by atoms with Crippen molar-refractivity contribution in [2.24, 2.45) is 5.92 Å². The van der Waals surface area contributed by atoms with Gasteiger partial charge in [-0.2, -0.15) is 12.6 Å². The van der Waals surface area contributed by atoms with Crippen LogP contribution >= 0.6 is 12.6 Å². The fraction of sp³-hybridized carbons (Fsp3) is 1.00. The molecule has 0 aliphatic rings. The fourth-order valence-corrected chi connectivity index (χ4v) is 3.06. The van der Waals surface area contributed by atoms with Crippen molar-refractivity contribution in [3.8, 4) is 0 Å². The molecule has 0 saturated carbocycles. The molecular weight excluding hydrogens is 260 g/mol. The van der Waals surface area contributed by atoms with Crippen LogP contribution in [-0.4, -0.2) is 5.25 Å². The molecule has 0 fully saturated rings. The molecule has 0 aliphatic carbocycles. The van der Waals surface area contributed by atoms with Gasteiger partial charge < -0.3 is 0 Å². The minimum absolute atomic E-state index is 0.588. The van der Waals surface area contributed by atoms with Crippen molar-refractivity contribution in [2.45, 2.75) is 116 Å². The Morgan fingerprint density at radius 1 is 0.600 bits per heavy atom. The second kappa shape index (κ2) is 15.7. The SMILES string of the molecule is CCCCCCCCCCC(C)CCCCCC(C)S. The summed E-state index contributed by atoms with van der Waals surface area (Å²) in [7, 11) is 0. The molecule has 20 heavy (non-hydrogen) atoms. The van der Waals surface area contributed by atoms with Gasteiger partial charge in [0.25, 0.3) is 0 Å². The minimum atomic E-state index is 0.588. The first-order chi connectivity index (χ1) is 9.66. The molecular formula is C19H40S. The van der Waals surface area contributed by atoms with Crippen LogP contribution in [0.15, 0.2) is 0 Å². The summed E-state index contributed by atoms with van der Waals surface area (Å²) in [5.74, 6) is 0.948. The van der Waals surface area contributed by atoms with Gasteiger partial charge in [-0.1, -0.05) is 104 Å². The van der Waals surface area contributed by atoms with E-state index in [1.54, 1.807) is 0 Å². The van der Waals surface area contributed by atoms with E-state index in [4.69, 9.17) is 0 Å². The van der Waals surface area contributed by atoms with Gasteiger partial charge in [-0.15, -0.1) is 0 Å². The van der Waals surface area contributed by atoms with Crippen LogP contribution in [0.1, 0.15) is 111 Å². The number of rotatable bonds is 15. The van der Waals surface area contributed by atoms with Gasteiger partial charge in [0, 0.05) is 0 Å².